The molecule has 0 spiro atoms. The molecule has 122 valence electrons. The maximum atomic E-state index is 12.1. The molecule has 0 saturated heterocycles. The number of hydrogen-bond acceptors (Lipinski definition) is 2. The molecule has 0 fully saturated rings. The first-order chi connectivity index (χ1) is 11.0. The molecule has 23 heavy (non-hydrogen) atoms. The van der Waals surface area contributed by atoms with Gasteiger partial charge in [0.25, 0.3) is 5.91 Å². The summed E-state index contributed by atoms with van der Waals surface area (Å²) in [7, 11) is 0. The van der Waals surface area contributed by atoms with Crippen LogP contribution in [0.3, 0.4) is 0 Å². The molecule has 0 aliphatic carbocycles. The van der Waals surface area contributed by atoms with Crippen molar-refractivity contribution in [1.82, 2.24) is 5.32 Å². The molecular weight excluding hydrogens is 286 g/mol. The molecule has 1 amide bonds. The Kier molecular flexibility index (Phi) is 5.80. The van der Waals surface area contributed by atoms with Crippen molar-refractivity contribution in [3.63, 3.8) is 0 Å². The van der Waals surface area contributed by atoms with Crippen molar-refractivity contribution in [3.8, 4) is 5.75 Å². The second-order valence-electron chi connectivity index (χ2n) is 6.18. The number of amides is 1. The predicted molar refractivity (Wildman–Crippen MR) is 93.8 cm³/mol. The lowest BCUT2D eigenvalue weighted by atomic mass is 10.0. The van der Waals surface area contributed by atoms with E-state index in [0.717, 1.165) is 16.9 Å². The molecule has 3 heteroatoms. The zero-order valence-corrected chi connectivity index (χ0v) is 14.3. The number of para-hydroxylation sites is 1. The van der Waals surface area contributed by atoms with Crippen molar-refractivity contribution in [1.29, 1.82) is 0 Å². The lowest BCUT2D eigenvalue weighted by Crippen LogP contribution is -2.31. The Labute approximate surface area is 138 Å². The van der Waals surface area contributed by atoms with Crippen LogP contribution < -0.4 is 10.1 Å². The molecule has 0 saturated carbocycles. The maximum Gasteiger partial charge on any atom is 0.258 e. The van der Waals surface area contributed by atoms with Crippen LogP contribution in [0, 0.1) is 6.92 Å². The van der Waals surface area contributed by atoms with E-state index >= 15 is 0 Å². The lowest BCUT2D eigenvalue weighted by Gasteiger charge is -2.16. The molecule has 1 N–H and O–H groups in total. The second-order valence-corrected chi connectivity index (χ2v) is 6.18. The Hall–Kier alpha value is -2.29. The van der Waals surface area contributed by atoms with Crippen LogP contribution in [0.1, 0.15) is 49.4 Å². The van der Waals surface area contributed by atoms with Gasteiger partial charge in [-0.15, -0.1) is 0 Å². The third-order valence-electron chi connectivity index (χ3n) is 3.85. The van der Waals surface area contributed by atoms with Crippen molar-refractivity contribution in [2.75, 3.05) is 6.61 Å². The summed E-state index contributed by atoms with van der Waals surface area (Å²) in [5.41, 5.74) is 3.42. The highest BCUT2D eigenvalue weighted by molar-refractivity contribution is 5.78. The van der Waals surface area contributed by atoms with Gasteiger partial charge in [-0.3, -0.25) is 4.79 Å². The van der Waals surface area contributed by atoms with E-state index in [0.29, 0.717) is 5.92 Å². The van der Waals surface area contributed by atoms with Gasteiger partial charge in [-0.25, -0.2) is 0 Å². The van der Waals surface area contributed by atoms with E-state index in [2.05, 4.69) is 19.2 Å². The van der Waals surface area contributed by atoms with Gasteiger partial charge >= 0.3 is 0 Å². The molecule has 1 atom stereocenters. The van der Waals surface area contributed by atoms with Gasteiger partial charge in [0.1, 0.15) is 5.75 Å². The third-order valence-corrected chi connectivity index (χ3v) is 3.85. The average Bonchev–Trinajstić information content (AvgIpc) is 2.53. The summed E-state index contributed by atoms with van der Waals surface area (Å²) < 4.78 is 5.70. The number of benzene rings is 2. The number of aryl methyl sites for hydroxylation is 1. The molecule has 0 aliphatic heterocycles. The van der Waals surface area contributed by atoms with Gasteiger partial charge in [0.15, 0.2) is 6.61 Å². The number of carbonyl (C=O) groups is 1. The van der Waals surface area contributed by atoms with Gasteiger partial charge in [0.2, 0.25) is 0 Å². The largest absolute Gasteiger partial charge is 0.483 e. The minimum atomic E-state index is -0.114. The summed E-state index contributed by atoms with van der Waals surface area (Å²) in [6.45, 7) is 8.28. The zero-order chi connectivity index (χ0) is 16.8. The Morgan fingerprint density at radius 2 is 1.70 bits per heavy atom. The highest BCUT2D eigenvalue weighted by atomic mass is 16.5. The van der Waals surface area contributed by atoms with Crippen molar-refractivity contribution in [3.05, 3.63) is 65.2 Å². The predicted octanol–water partition coefficient (Wildman–Crippen LogP) is 4.37. The van der Waals surface area contributed by atoms with Gasteiger partial charge in [-0.2, -0.15) is 0 Å². The smallest absolute Gasteiger partial charge is 0.258 e. The fourth-order valence-electron chi connectivity index (χ4n) is 2.45. The number of ether oxygens (including phenoxy) is 1. The van der Waals surface area contributed by atoms with E-state index in [1.54, 1.807) is 0 Å². The van der Waals surface area contributed by atoms with Gasteiger partial charge in [-0.05, 0) is 37.0 Å². The summed E-state index contributed by atoms with van der Waals surface area (Å²) in [6, 6.07) is 16.0. The van der Waals surface area contributed by atoms with Crippen LogP contribution in [-0.4, -0.2) is 12.5 Å². The van der Waals surface area contributed by atoms with E-state index in [4.69, 9.17) is 4.74 Å². The molecule has 0 aromatic heterocycles. The standard InChI is InChI=1S/C20H25NO2/c1-14(2)18-7-5-6-8-19(18)23-13-20(22)21-16(4)17-11-9-15(3)10-12-17/h5-12,14,16H,13H2,1-4H3,(H,21,22)/t16-/m1/s1. The molecule has 2 aromatic carbocycles. The van der Waals surface area contributed by atoms with Gasteiger partial charge in [0.05, 0.1) is 6.04 Å². The Morgan fingerprint density at radius 1 is 1.04 bits per heavy atom. The number of nitrogens with one attached hydrogen (secondary N) is 1. The highest BCUT2D eigenvalue weighted by Gasteiger charge is 2.12. The molecule has 0 radical (unpaired) electrons. The van der Waals surface area contributed by atoms with Crippen LogP contribution in [0.5, 0.6) is 5.75 Å². The van der Waals surface area contributed by atoms with Gasteiger partial charge < -0.3 is 10.1 Å². The molecule has 0 aliphatic rings. The first kappa shape index (κ1) is 17.1. The number of hydrogen-bond donors (Lipinski definition) is 1. The van der Waals surface area contributed by atoms with Crippen LogP contribution in [0.2, 0.25) is 0 Å². The van der Waals surface area contributed by atoms with Crippen LogP contribution in [-0.2, 0) is 4.79 Å². The normalized spacial score (nSPS) is 12.0. The van der Waals surface area contributed by atoms with Crippen LogP contribution in [0.25, 0.3) is 0 Å². The quantitative estimate of drug-likeness (QED) is 0.860. The minimum Gasteiger partial charge on any atom is -0.483 e. The topological polar surface area (TPSA) is 38.3 Å². The molecule has 0 bridgehead atoms. The lowest BCUT2D eigenvalue weighted by molar-refractivity contribution is -0.123. The number of rotatable bonds is 6. The van der Waals surface area contributed by atoms with Crippen LogP contribution >= 0.6 is 0 Å². The molecule has 2 aromatic rings. The summed E-state index contributed by atoms with van der Waals surface area (Å²) in [6.07, 6.45) is 0. The fourth-order valence-corrected chi connectivity index (χ4v) is 2.45. The van der Waals surface area contributed by atoms with E-state index in [1.165, 1.54) is 5.56 Å². The molecule has 0 unspecified atom stereocenters. The minimum absolute atomic E-state index is 0.0277. The van der Waals surface area contributed by atoms with Crippen molar-refractivity contribution in [2.24, 2.45) is 0 Å². The number of carbonyl (C=O) groups excluding carboxylic acids is 1. The average molecular weight is 311 g/mol. The SMILES string of the molecule is Cc1ccc([C@@H](C)NC(=O)COc2ccccc2C(C)C)cc1. The van der Waals surface area contributed by atoms with Gasteiger partial charge in [0, 0.05) is 0 Å². The highest BCUT2D eigenvalue weighted by Crippen LogP contribution is 2.25. The maximum absolute atomic E-state index is 12.1. The Morgan fingerprint density at radius 3 is 2.35 bits per heavy atom. The van der Waals surface area contributed by atoms with Gasteiger partial charge in [-0.1, -0.05) is 61.9 Å². The molecule has 3 nitrogen and oxygen atoms in total. The van der Waals surface area contributed by atoms with Crippen LogP contribution in [0.15, 0.2) is 48.5 Å². The summed E-state index contributed by atoms with van der Waals surface area (Å²) in [5, 5.41) is 2.97. The van der Waals surface area contributed by atoms with E-state index in [9.17, 15) is 4.79 Å². The van der Waals surface area contributed by atoms with E-state index in [-0.39, 0.29) is 18.6 Å². The second kappa shape index (κ2) is 7.82. The summed E-state index contributed by atoms with van der Waals surface area (Å²) in [4.78, 5) is 12.1. The Balaban J connectivity index is 1.91. The van der Waals surface area contributed by atoms with E-state index < -0.39 is 0 Å². The van der Waals surface area contributed by atoms with Crippen LogP contribution in [0.4, 0.5) is 0 Å². The van der Waals surface area contributed by atoms with Crippen molar-refractivity contribution in [2.45, 2.75) is 39.7 Å². The first-order valence-electron chi connectivity index (χ1n) is 8.05. The molecule has 2 rings (SSSR count). The molecule has 0 heterocycles. The molecular formula is C20H25NO2. The zero-order valence-electron chi connectivity index (χ0n) is 14.3. The summed E-state index contributed by atoms with van der Waals surface area (Å²) >= 11 is 0. The Bertz CT molecular complexity index is 647. The first-order valence-corrected chi connectivity index (χ1v) is 8.05. The summed E-state index contributed by atoms with van der Waals surface area (Å²) in [5.74, 6) is 1.03. The monoisotopic (exact) mass is 311 g/mol. The van der Waals surface area contributed by atoms with Crippen molar-refractivity contribution >= 4 is 5.91 Å². The van der Waals surface area contributed by atoms with E-state index in [1.807, 2.05) is 62.4 Å². The van der Waals surface area contributed by atoms with Crippen molar-refractivity contribution < 1.29 is 9.53 Å². The fraction of sp³-hybridized carbons (Fsp3) is 0.350. The third kappa shape index (κ3) is 4.85.